The Balaban J connectivity index is 0.00000287. The third-order valence-corrected chi connectivity index (χ3v) is 16.3. The van der Waals surface area contributed by atoms with Crippen LogP contribution in [0.5, 0.6) is 0 Å². The molecular weight excluding hydrogens is 1060 g/mol. The molecular formula is C54H64N10O11S3. The van der Waals surface area contributed by atoms with Crippen LogP contribution in [0.4, 0.5) is 5.13 Å². The summed E-state index contributed by atoms with van der Waals surface area (Å²) < 4.78 is 24.5. The van der Waals surface area contributed by atoms with Crippen molar-refractivity contribution in [3.05, 3.63) is 130 Å². The molecule has 8 rings (SSSR count). The van der Waals surface area contributed by atoms with Gasteiger partial charge >= 0.3 is 0 Å². The number of hydrogen-bond acceptors (Lipinski definition) is 15. The van der Waals surface area contributed by atoms with E-state index in [0.29, 0.717) is 31.7 Å². The van der Waals surface area contributed by atoms with Gasteiger partial charge in [-0.2, -0.15) is 0 Å². The Morgan fingerprint density at radius 1 is 0.923 bits per heavy atom. The predicted molar refractivity (Wildman–Crippen MR) is 295 cm³/mol. The molecule has 7 N–H and O–H groups in total. The van der Waals surface area contributed by atoms with Crippen LogP contribution in [0.2, 0.25) is 0 Å². The van der Waals surface area contributed by atoms with Crippen molar-refractivity contribution in [1.82, 2.24) is 45.0 Å². The minimum atomic E-state index is -3.58. The molecule has 0 spiro atoms. The van der Waals surface area contributed by atoms with Gasteiger partial charge in [0.15, 0.2) is 5.13 Å². The van der Waals surface area contributed by atoms with Crippen LogP contribution >= 0.6 is 22.7 Å². The maximum atomic E-state index is 14.2. The number of anilines is 1. The molecule has 1 aliphatic carbocycles. The van der Waals surface area contributed by atoms with Crippen molar-refractivity contribution in [2.24, 2.45) is 11.3 Å². The Kier molecular flexibility index (Phi) is 19.0. The van der Waals surface area contributed by atoms with Gasteiger partial charge in [-0.15, -0.1) is 22.7 Å². The first-order valence-corrected chi connectivity index (χ1v) is 28.7. The molecule has 2 aromatic carbocycles. The summed E-state index contributed by atoms with van der Waals surface area (Å²) >= 11 is 2.76. The summed E-state index contributed by atoms with van der Waals surface area (Å²) in [6.45, 7) is 8.42. The number of rotatable bonds is 19. The molecule has 5 aromatic rings. The lowest BCUT2D eigenvalue weighted by molar-refractivity contribution is -0.144. The zero-order valence-corrected chi connectivity index (χ0v) is 46.3. The van der Waals surface area contributed by atoms with Gasteiger partial charge in [0, 0.05) is 69.9 Å². The average molecular weight is 1130 g/mol. The summed E-state index contributed by atoms with van der Waals surface area (Å²) in [6.07, 6.45) is 9.12. The van der Waals surface area contributed by atoms with Gasteiger partial charge in [-0.1, -0.05) is 93.6 Å². The van der Waals surface area contributed by atoms with E-state index >= 15 is 0 Å². The summed E-state index contributed by atoms with van der Waals surface area (Å²) in [4.78, 5) is 103. The third-order valence-electron chi connectivity index (χ3n) is 13.6. The topological polar surface area (TPSA) is 291 Å². The Bertz CT molecular complexity index is 3160. The van der Waals surface area contributed by atoms with E-state index in [1.165, 1.54) is 34.7 Å². The molecule has 21 nitrogen and oxygen atoms in total. The van der Waals surface area contributed by atoms with Crippen molar-refractivity contribution in [3.63, 3.8) is 0 Å². The van der Waals surface area contributed by atoms with E-state index in [1.807, 2.05) is 111 Å². The molecule has 24 heteroatoms. The summed E-state index contributed by atoms with van der Waals surface area (Å²) in [5.74, 6) is -2.85. The standard InChI is InChI=1S/C53H62N10O9S3.CH2O2/c1-33-45(74-32-57-33)36-15-13-34(14-16-36)24-54-49(69)41-22-40(64)29-63(41)50(70)46(52(2,3)4)59-43(65)18-20-61-26-39(27-61)48(68)56-31-53(19-9-12-37(23-53)35-10-7-6-8-11-35)42-30-73-51(58-42)60-44(66)25-55-47(67)38-17-21-62(28-38)75(5,71)72;2-1-3/h6-17,19,21,28,30,32,39-41,46,64H,18,20,22-27,29,31H2,1-5H3,(H,54,69)(H,55,67)(H,56,68)(H,59,65)(H,58,60,66);1H,(H,2,3)/t40-,41+,46-,53?;/m1./s1. The highest BCUT2D eigenvalue weighted by molar-refractivity contribution is 7.89. The fourth-order valence-corrected chi connectivity index (χ4v) is 11.6. The highest BCUT2D eigenvalue weighted by Crippen LogP contribution is 2.40. The maximum absolute atomic E-state index is 14.2. The van der Waals surface area contributed by atoms with E-state index in [-0.39, 0.29) is 79.8 Å². The number of aryl methyl sites for hydroxylation is 1. The molecule has 78 heavy (non-hydrogen) atoms. The summed E-state index contributed by atoms with van der Waals surface area (Å²) in [6, 6.07) is 17.1. The molecule has 3 aromatic heterocycles. The number of β-amino-alcohol motifs (C(OH)–C–C–N with tert-alkyl or cyclic N) is 1. The fraction of sp³-hybridized carbons (Fsp3) is 0.389. The molecule has 2 saturated heterocycles. The van der Waals surface area contributed by atoms with Crippen LogP contribution in [0.25, 0.3) is 16.0 Å². The minimum absolute atomic E-state index is 0.0383. The number of likely N-dealkylation sites (tertiary alicyclic amines) is 2. The maximum Gasteiger partial charge on any atom is 0.290 e. The van der Waals surface area contributed by atoms with Crippen LogP contribution in [0.1, 0.15) is 72.9 Å². The molecule has 0 bridgehead atoms. The van der Waals surface area contributed by atoms with Crippen LogP contribution in [0, 0.1) is 18.3 Å². The van der Waals surface area contributed by atoms with Crippen LogP contribution in [0.3, 0.4) is 0 Å². The number of aromatic nitrogens is 3. The second-order valence-corrected chi connectivity index (χ2v) is 24.1. The fourth-order valence-electron chi connectivity index (χ4n) is 9.33. The van der Waals surface area contributed by atoms with Crippen LogP contribution in [0.15, 0.2) is 102 Å². The minimum Gasteiger partial charge on any atom is -0.483 e. The molecule has 1 unspecified atom stereocenters. The van der Waals surface area contributed by atoms with Gasteiger partial charge in [0.05, 0.1) is 57.6 Å². The van der Waals surface area contributed by atoms with E-state index in [0.717, 1.165) is 43.1 Å². The van der Waals surface area contributed by atoms with Crippen LogP contribution in [-0.4, -0.2) is 148 Å². The molecule has 5 heterocycles. The van der Waals surface area contributed by atoms with E-state index in [9.17, 15) is 42.3 Å². The zero-order valence-electron chi connectivity index (χ0n) is 43.8. The van der Waals surface area contributed by atoms with Crippen LogP contribution in [-0.2, 0) is 50.8 Å². The second-order valence-electron chi connectivity index (χ2n) is 20.5. The Labute approximate surface area is 460 Å². The zero-order chi connectivity index (χ0) is 56.4. The highest BCUT2D eigenvalue weighted by atomic mass is 32.2. The lowest BCUT2D eigenvalue weighted by Gasteiger charge is -2.39. The van der Waals surface area contributed by atoms with E-state index < -0.39 is 56.8 Å². The van der Waals surface area contributed by atoms with Gasteiger partial charge in [-0.3, -0.25) is 37.5 Å². The quantitative estimate of drug-likeness (QED) is 0.0580. The summed E-state index contributed by atoms with van der Waals surface area (Å²) in [7, 11) is -3.58. The molecule has 2 aliphatic heterocycles. The van der Waals surface area contributed by atoms with Crippen LogP contribution < -0.4 is 26.6 Å². The number of nitrogens with one attached hydrogen (secondary N) is 5. The molecule has 0 radical (unpaired) electrons. The Hall–Kier alpha value is -7.38. The van der Waals surface area contributed by atoms with Gasteiger partial charge < -0.3 is 46.6 Å². The van der Waals surface area contributed by atoms with Gasteiger partial charge in [-0.05, 0) is 47.1 Å². The first kappa shape index (κ1) is 58.3. The number of carboxylic acid groups (broad SMARTS) is 1. The molecule has 2 fully saturated rings. The molecule has 6 amide bonds. The van der Waals surface area contributed by atoms with E-state index in [2.05, 4.69) is 31.6 Å². The number of carbonyl (C=O) groups is 7. The first-order valence-electron chi connectivity index (χ1n) is 25.1. The Morgan fingerprint density at radius 3 is 2.29 bits per heavy atom. The van der Waals surface area contributed by atoms with E-state index in [4.69, 9.17) is 14.9 Å². The monoisotopic (exact) mass is 1120 g/mol. The average Bonchev–Trinajstić information content (AvgIpc) is 4.25. The lowest BCUT2D eigenvalue weighted by atomic mass is 9.74. The SMILES string of the molecule is Cc1ncsc1-c1ccc(CNC(=O)[C@@H]2C[C@@H](O)CN2C(=O)[C@@H](NC(=O)CCN2CC(C(=O)NCC3(c4csc(NC(=O)CNC(=O)c5ccn(S(C)(=O)=O)c5)n4)C=CC=C(c4ccccc4)C3)C2)C(C)(C)C)cc1.O=CO. The number of hydrogen-bond donors (Lipinski definition) is 7. The van der Waals surface area contributed by atoms with E-state index in [1.54, 1.807) is 16.8 Å². The number of aliphatic hydroxyl groups excluding tert-OH is 1. The number of nitrogens with zero attached hydrogens (tertiary/aromatic N) is 5. The normalized spacial score (nSPS) is 18.8. The highest BCUT2D eigenvalue weighted by Gasteiger charge is 2.45. The summed E-state index contributed by atoms with van der Waals surface area (Å²) in [5, 5.41) is 33.9. The number of amides is 6. The largest absolute Gasteiger partial charge is 0.483 e. The second kappa shape index (κ2) is 25.4. The smallest absolute Gasteiger partial charge is 0.290 e. The van der Waals surface area contributed by atoms with Crippen molar-refractivity contribution in [1.29, 1.82) is 0 Å². The number of benzene rings is 2. The molecule has 414 valence electrons. The predicted octanol–water partition coefficient (Wildman–Crippen LogP) is 3.78. The lowest BCUT2D eigenvalue weighted by Crippen LogP contribution is -2.58. The summed E-state index contributed by atoms with van der Waals surface area (Å²) in [5.41, 5.74) is 5.89. The number of allylic oxidation sites excluding steroid dienone is 3. The van der Waals surface area contributed by atoms with Crippen molar-refractivity contribution >= 4 is 85.3 Å². The number of carbonyl (C=O) groups excluding carboxylic acids is 6. The van der Waals surface area contributed by atoms with Gasteiger partial charge in [-0.25, -0.2) is 18.4 Å². The molecule has 4 atom stereocenters. The van der Waals surface area contributed by atoms with Gasteiger partial charge in [0.25, 0.3) is 12.4 Å². The van der Waals surface area contributed by atoms with Crippen molar-refractivity contribution in [2.45, 2.75) is 77.1 Å². The number of aliphatic hydroxyl groups is 1. The third kappa shape index (κ3) is 14.8. The molecule has 3 aliphatic rings. The van der Waals surface area contributed by atoms with Crippen molar-refractivity contribution in [2.75, 3.05) is 50.8 Å². The van der Waals surface area contributed by atoms with Gasteiger partial charge in [0.1, 0.15) is 12.1 Å². The molecule has 0 saturated carbocycles. The Morgan fingerprint density at radius 2 is 1.64 bits per heavy atom. The van der Waals surface area contributed by atoms with Gasteiger partial charge in [0.2, 0.25) is 39.6 Å². The van der Waals surface area contributed by atoms with Crippen molar-refractivity contribution in [3.8, 4) is 10.4 Å². The number of thiazole rings is 2. The first-order chi connectivity index (χ1) is 37.1. The van der Waals surface area contributed by atoms with Crippen molar-refractivity contribution < 1.29 is 52.2 Å².